The number of benzene rings is 1. The molecule has 0 fully saturated rings. The first-order chi connectivity index (χ1) is 16.1. The lowest BCUT2D eigenvalue weighted by Gasteiger charge is -2.33. The standard InChI is InChI=1S/C22H23F3N6O3/c1-11-14(12(2)30(3)28-11)9-26-21(32)16-8-20-27-15(7-19(22(23,24)25)31(20)29-16)13-4-5-17-18(6-13)34-10-33-17/h4-6,8,15,19,27H,7,9-10H2,1-3H3,(H,26,32)/t15-,19+/m1/s1. The van der Waals surface area contributed by atoms with Gasteiger partial charge in [0.25, 0.3) is 5.91 Å². The summed E-state index contributed by atoms with van der Waals surface area (Å²) in [5.41, 5.74) is 3.05. The summed E-state index contributed by atoms with van der Waals surface area (Å²) in [6, 6.07) is 3.86. The number of halogens is 3. The summed E-state index contributed by atoms with van der Waals surface area (Å²) in [7, 11) is 1.80. The van der Waals surface area contributed by atoms with Gasteiger partial charge in [0.1, 0.15) is 5.82 Å². The Bertz CT molecular complexity index is 1270. The highest BCUT2D eigenvalue weighted by atomic mass is 19.4. The number of nitrogens with one attached hydrogen (secondary N) is 2. The normalized spacial score (nSPS) is 19.0. The maximum atomic E-state index is 14.0. The summed E-state index contributed by atoms with van der Waals surface area (Å²) in [6.07, 6.45) is -4.83. The number of ether oxygens (including phenoxy) is 2. The van der Waals surface area contributed by atoms with Gasteiger partial charge in [-0.05, 0) is 31.5 Å². The molecule has 2 aliphatic rings. The van der Waals surface area contributed by atoms with Crippen molar-refractivity contribution in [1.29, 1.82) is 0 Å². The summed E-state index contributed by atoms with van der Waals surface area (Å²) in [5.74, 6) is 0.597. The van der Waals surface area contributed by atoms with Gasteiger partial charge in [-0.2, -0.15) is 23.4 Å². The predicted molar refractivity (Wildman–Crippen MR) is 115 cm³/mol. The zero-order valence-electron chi connectivity index (χ0n) is 18.7. The average molecular weight is 476 g/mol. The first-order valence-corrected chi connectivity index (χ1v) is 10.7. The molecule has 0 saturated heterocycles. The number of nitrogens with zero attached hydrogens (tertiary/aromatic N) is 4. The van der Waals surface area contributed by atoms with E-state index in [0.717, 1.165) is 21.6 Å². The third-order valence-corrected chi connectivity index (χ3v) is 6.31. The van der Waals surface area contributed by atoms with Crippen LogP contribution in [-0.2, 0) is 13.6 Å². The Kier molecular flexibility index (Phi) is 5.18. The highest BCUT2D eigenvalue weighted by molar-refractivity contribution is 5.93. The highest BCUT2D eigenvalue weighted by Gasteiger charge is 2.47. The minimum Gasteiger partial charge on any atom is -0.454 e. The fourth-order valence-corrected chi connectivity index (χ4v) is 4.37. The zero-order chi connectivity index (χ0) is 24.2. The molecule has 0 spiro atoms. The van der Waals surface area contributed by atoms with Crippen molar-refractivity contribution in [3.63, 3.8) is 0 Å². The number of amides is 1. The summed E-state index contributed by atoms with van der Waals surface area (Å²) in [4.78, 5) is 12.7. The van der Waals surface area contributed by atoms with E-state index in [1.165, 1.54) is 6.07 Å². The molecule has 0 bridgehead atoms. The van der Waals surface area contributed by atoms with Crippen molar-refractivity contribution in [2.75, 3.05) is 12.1 Å². The molecule has 12 heteroatoms. The minimum atomic E-state index is -4.55. The van der Waals surface area contributed by atoms with E-state index >= 15 is 0 Å². The third-order valence-electron chi connectivity index (χ3n) is 6.31. The highest BCUT2D eigenvalue weighted by Crippen LogP contribution is 2.45. The molecule has 0 radical (unpaired) electrons. The van der Waals surface area contributed by atoms with Crippen molar-refractivity contribution in [1.82, 2.24) is 24.9 Å². The molecule has 0 aliphatic carbocycles. The number of carbonyl (C=O) groups is 1. The maximum absolute atomic E-state index is 14.0. The van der Waals surface area contributed by atoms with Gasteiger partial charge in [0.15, 0.2) is 23.2 Å². The molecule has 180 valence electrons. The molecular formula is C22H23F3N6O3. The number of rotatable bonds is 4. The van der Waals surface area contributed by atoms with Crippen LogP contribution in [0, 0.1) is 13.8 Å². The molecular weight excluding hydrogens is 453 g/mol. The van der Waals surface area contributed by atoms with Crippen LogP contribution in [0.15, 0.2) is 24.3 Å². The number of aryl methyl sites for hydroxylation is 2. The first-order valence-electron chi connectivity index (χ1n) is 10.7. The molecule has 3 aromatic rings. The molecule has 2 aromatic heterocycles. The third kappa shape index (κ3) is 3.82. The summed E-state index contributed by atoms with van der Waals surface area (Å²) in [6.45, 7) is 3.98. The molecule has 0 unspecified atom stereocenters. The second-order valence-corrected chi connectivity index (χ2v) is 8.42. The van der Waals surface area contributed by atoms with Crippen LogP contribution in [-0.4, -0.2) is 38.4 Å². The molecule has 5 rings (SSSR count). The number of alkyl halides is 3. The Morgan fingerprint density at radius 3 is 2.68 bits per heavy atom. The van der Waals surface area contributed by atoms with Crippen LogP contribution < -0.4 is 20.1 Å². The van der Waals surface area contributed by atoms with E-state index in [9.17, 15) is 18.0 Å². The fraction of sp³-hybridized carbons (Fsp3) is 0.409. The number of aromatic nitrogens is 4. The lowest BCUT2D eigenvalue weighted by Crippen LogP contribution is -2.35. The first kappa shape index (κ1) is 22.1. The van der Waals surface area contributed by atoms with E-state index < -0.39 is 24.2 Å². The number of anilines is 1. The summed E-state index contributed by atoms with van der Waals surface area (Å²) >= 11 is 0. The van der Waals surface area contributed by atoms with Gasteiger partial charge >= 0.3 is 6.18 Å². The van der Waals surface area contributed by atoms with Crippen molar-refractivity contribution in [3.05, 3.63) is 52.5 Å². The second kappa shape index (κ2) is 7.96. The van der Waals surface area contributed by atoms with E-state index in [0.29, 0.717) is 17.1 Å². The Labute approximate surface area is 192 Å². The fourth-order valence-electron chi connectivity index (χ4n) is 4.37. The maximum Gasteiger partial charge on any atom is 0.410 e. The minimum absolute atomic E-state index is 0.0748. The van der Waals surface area contributed by atoms with Crippen LogP contribution in [0.2, 0.25) is 0 Å². The SMILES string of the molecule is Cc1nn(C)c(C)c1CNC(=O)c1cc2n(n1)[C@H](C(F)(F)F)C[C@H](c1ccc3c(c1)OCO3)N2. The van der Waals surface area contributed by atoms with E-state index in [4.69, 9.17) is 9.47 Å². The van der Waals surface area contributed by atoms with E-state index in [1.54, 1.807) is 29.9 Å². The van der Waals surface area contributed by atoms with Crippen LogP contribution in [0.25, 0.3) is 0 Å². The van der Waals surface area contributed by atoms with Crippen LogP contribution >= 0.6 is 0 Å². The predicted octanol–water partition coefficient (Wildman–Crippen LogP) is 3.55. The van der Waals surface area contributed by atoms with Crippen molar-refractivity contribution in [3.8, 4) is 11.5 Å². The Balaban J connectivity index is 1.40. The smallest absolute Gasteiger partial charge is 0.410 e. The van der Waals surface area contributed by atoms with Crippen molar-refractivity contribution in [2.45, 2.75) is 45.1 Å². The molecule has 1 aromatic carbocycles. The van der Waals surface area contributed by atoms with Crippen LogP contribution in [0.3, 0.4) is 0 Å². The van der Waals surface area contributed by atoms with Gasteiger partial charge in [-0.1, -0.05) is 6.07 Å². The van der Waals surface area contributed by atoms with Gasteiger partial charge < -0.3 is 20.1 Å². The quantitative estimate of drug-likeness (QED) is 0.598. The van der Waals surface area contributed by atoms with Crippen molar-refractivity contribution >= 4 is 11.7 Å². The molecule has 2 N–H and O–H groups in total. The lowest BCUT2D eigenvalue weighted by molar-refractivity contribution is -0.173. The van der Waals surface area contributed by atoms with Crippen LogP contribution in [0.5, 0.6) is 11.5 Å². The van der Waals surface area contributed by atoms with Gasteiger partial charge in [-0.15, -0.1) is 0 Å². The number of carbonyl (C=O) groups excluding carboxylic acids is 1. The number of hydrogen-bond acceptors (Lipinski definition) is 6. The molecule has 9 nitrogen and oxygen atoms in total. The van der Waals surface area contributed by atoms with E-state index in [2.05, 4.69) is 20.8 Å². The van der Waals surface area contributed by atoms with Gasteiger partial charge in [-0.3, -0.25) is 9.48 Å². The van der Waals surface area contributed by atoms with Gasteiger partial charge in [0.2, 0.25) is 6.79 Å². The van der Waals surface area contributed by atoms with Gasteiger partial charge in [0.05, 0.1) is 11.7 Å². The van der Waals surface area contributed by atoms with Crippen molar-refractivity contribution in [2.24, 2.45) is 7.05 Å². The Morgan fingerprint density at radius 2 is 1.97 bits per heavy atom. The summed E-state index contributed by atoms with van der Waals surface area (Å²) < 4.78 is 55.1. The van der Waals surface area contributed by atoms with Crippen LogP contribution in [0.4, 0.5) is 19.0 Å². The Morgan fingerprint density at radius 1 is 1.21 bits per heavy atom. The molecule has 0 saturated carbocycles. The number of hydrogen-bond donors (Lipinski definition) is 2. The second-order valence-electron chi connectivity index (χ2n) is 8.42. The molecule has 2 atom stereocenters. The average Bonchev–Trinajstić information content (AvgIpc) is 3.48. The van der Waals surface area contributed by atoms with E-state index in [-0.39, 0.29) is 31.3 Å². The molecule has 4 heterocycles. The van der Waals surface area contributed by atoms with Crippen LogP contribution in [0.1, 0.15) is 51.5 Å². The van der Waals surface area contributed by atoms with Gasteiger partial charge in [0, 0.05) is 37.3 Å². The monoisotopic (exact) mass is 476 g/mol. The molecule has 2 aliphatic heterocycles. The molecule has 34 heavy (non-hydrogen) atoms. The van der Waals surface area contributed by atoms with Gasteiger partial charge in [-0.25, -0.2) is 4.68 Å². The molecule has 1 amide bonds. The van der Waals surface area contributed by atoms with E-state index in [1.807, 2.05) is 13.8 Å². The lowest BCUT2D eigenvalue weighted by atomic mass is 9.96. The Hall–Kier alpha value is -3.70. The zero-order valence-corrected chi connectivity index (χ0v) is 18.7. The summed E-state index contributed by atoms with van der Waals surface area (Å²) in [5, 5.41) is 14.1. The van der Waals surface area contributed by atoms with Crippen molar-refractivity contribution < 1.29 is 27.4 Å². The topological polar surface area (TPSA) is 95.2 Å². The largest absolute Gasteiger partial charge is 0.454 e. The number of fused-ring (bicyclic) bond motifs is 2.